The fraction of sp³-hybridized carbons (Fsp3) is 0.333. The van der Waals surface area contributed by atoms with Gasteiger partial charge < -0.3 is 9.26 Å². The minimum Gasteiger partial charge on any atom is -0.496 e. The number of nitriles is 1. The Morgan fingerprint density at radius 3 is 2.58 bits per heavy atom. The minimum absolute atomic E-state index is 0.288. The van der Waals surface area contributed by atoms with E-state index in [4.69, 9.17) is 14.5 Å². The van der Waals surface area contributed by atoms with Crippen LogP contribution in [-0.4, -0.2) is 12.3 Å². The van der Waals surface area contributed by atoms with Crippen molar-refractivity contribution in [1.82, 2.24) is 5.16 Å². The smallest absolute Gasteiger partial charge is 0.184 e. The predicted octanol–water partition coefficient (Wildman–Crippen LogP) is 3.65. The second kappa shape index (κ2) is 5.15. The molecule has 0 spiro atoms. The van der Waals surface area contributed by atoms with Crippen molar-refractivity contribution in [3.05, 3.63) is 35.0 Å². The third-order valence-corrected chi connectivity index (χ3v) is 3.09. The van der Waals surface area contributed by atoms with Crippen molar-refractivity contribution in [3.63, 3.8) is 0 Å². The van der Waals surface area contributed by atoms with E-state index in [1.54, 1.807) is 13.2 Å². The molecule has 0 aliphatic rings. The molecule has 0 radical (unpaired) electrons. The molecule has 0 atom stereocenters. The molecule has 0 saturated carbocycles. The Morgan fingerprint density at radius 1 is 1.32 bits per heavy atom. The lowest BCUT2D eigenvalue weighted by Gasteiger charge is -2.14. The quantitative estimate of drug-likeness (QED) is 0.841. The molecule has 2 rings (SSSR count). The van der Waals surface area contributed by atoms with Crippen LogP contribution in [0.4, 0.5) is 0 Å². The van der Waals surface area contributed by atoms with Crippen LogP contribution in [0.1, 0.15) is 36.6 Å². The maximum absolute atomic E-state index is 8.80. The predicted molar refractivity (Wildman–Crippen MR) is 72.0 cm³/mol. The lowest BCUT2D eigenvalue weighted by atomic mass is 9.95. The molecular weight excluding hydrogens is 240 g/mol. The van der Waals surface area contributed by atoms with Gasteiger partial charge in [0.1, 0.15) is 11.8 Å². The molecule has 0 aliphatic heterocycles. The van der Waals surface area contributed by atoms with Crippen LogP contribution in [0.5, 0.6) is 5.75 Å². The lowest BCUT2D eigenvalue weighted by molar-refractivity contribution is 0.406. The molecule has 0 bridgehead atoms. The number of ether oxygens (including phenoxy) is 1. The number of nitrogens with zero attached hydrogens (tertiary/aromatic N) is 2. The number of aryl methyl sites for hydroxylation is 1. The van der Waals surface area contributed by atoms with Crippen molar-refractivity contribution in [2.75, 3.05) is 7.11 Å². The Bertz CT molecular complexity index is 636. The van der Waals surface area contributed by atoms with Gasteiger partial charge in [-0.2, -0.15) is 5.26 Å². The van der Waals surface area contributed by atoms with Gasteiger partial charge in [-0.3, -0.25) is 0 Å². The summed E-state index contributed by atoms with van der Waals surface area (Å²) >= 11 is 0. The van der Waals surface area contributed by atoms with Gasteiger partial charge in [-0.25, -0.2) is 0 Å². The van der Waals surface area contributed by atoms with E-state index in [2.05, 4.69) is 19.0 Å². The Hall–Kier alpha value is -2.28. The molecule has 0 amide bonds. The summed E-state index contributed by atoms with van der Waals surface area (Å²) in [6.07, 6.45) is 0. The summed E-state index contributed by atoms with van der Waals surface area (Å²) in [5.41, 5.74) is 3.37. The Morgan fingerprint density at radius 2 is 2.05 bits per heavy atom. The van der Waals surface area contributed by atoms with Crippen LogP contribution < -0.4 is 4.74 Å². The SMILES string of the molecule is COc1cc(C)c(-c2cc(C#N)no2)cc1C(C)C. The summed E-state index contributed by atoms with van der Waals surface area (Å²) in [7, 11) is 1.67. The summed E-state index contributed by atoms with van der Waals surface area (Å²) < 4.78 is 10.6. The second-order valence-electron chi connectivity index (χ2n) is 4.75. The van der Waals surface area contributed by atoms with Crippen LogP contribution >= 0.6 is 0 Å². The van der Waals surface area contributed by atoms with E-state index < -0.39 is 0 Å². The van der Waals surface area contributed by atoms with E-state index in [9.17, 15) is 0 Å². The highest BCUT2D eigenvalue weighted by molar-refractivity contribution is 5.66. The number of hydrogen-bond donors (Lipinski definition) is 0. The molecule has 4 heteroatoms. The second-order valence-corrected chi connectivity index (χ2v) is 4.75. The van der Waals surface area contributed by atoms with Crippen molar-refractivity contribution >= 4 is 0 Å². The van der Waals surface area contributed by atoms with Crippen LogP contribution in [0.15, 0.2) is 22.7 Å². The molecule has 1 aromatic carbocycles. The van der Waals surface area contributed by atoms with Gasteiger partial charge in [0.25, 0.3) is 0 Å². The summed E-state index contributed by atoms with van der Waals surface area (Å²) in [4.78, 5) is 0. The highest BCUT2D eigenvalue weighted by Crippen LogP contribution is 2.34. The van der Waals surface area contributed by atoms with Crippen LogP contribution in [0.25, 0.3) is 11.3 Å². The van der Waals surface area contributed by atoms with Crippen molar-refractivity contribution < 1.29 is 9.26 Å². The summed E-state index contributed by atoms with van der Waals surface area (Å²) in [6.45, 7) is 6.20. The first kappa shape index (κ1) is 13.2. The van der Waals surface area contributed by atoms with Gasteiger partial charge in [-0.15, -0.1) is 0 Å². The van der Waals surface area contributed by atoms with Crippen molar-refractivity contribution in [2.24, 2.45) is 0 Å². The third kappa shape index (κ3) is 2.45. The van der Waals surface area contributed by atoms with Gasteiger partial charge in [0.05, 0.1) is 7.11 Å². The standard InChI is InChI=1S/C15H16N2O2/c1-9(2)12-7-13(10(3)5-14(12)18-4)15-6-11(8-16)17-19-15/h5-7,9H,1-4H3. The monoisotopic (exact) mass is 256 g/mol. The first-order valence-electron chi connectivity index (χ1n) is 6.12. The van der Waals surface area contributed by atoms with E-state index in [0.717, 1.165) is 22.4 Å². The lowest BCUT2D eigenvalue weighted by Crippen LogP contribution is -1.96. The first-order chi connectivity index (χ1) is 9.06. The third-order valence-electron chi connectivity index (χ3n) is 3.09. The van der Waals surface area contributed by atoms with Gasteiger partial charge in [-0.1, -0.05) is 19.0 Å². The van der Waals surface area contributed by atoms with Crippen LogP contribution in [0, 0.1) is 18.3 Å². The summed E-state index contributed by atoms with van der Waals surface area (Å²) in [5.74, 6) is 1.82. The molecular formula is C15H16N2O2. The molecule has 0 fully saturated rings. The fourth-order valence-electron chi connectivity index (χ4n) is 2.05. The topological polar surface area (TPSA) is 59.0 Å². The van der Waals surface area contributed by atoms with Crippen molar-refractivity contribution in [3.8, 4) is 23.1 Å². The maximum atomic E-state index is 8.80. The number of methoxy groups -OCH3 is 1. The van der Waals surface area contributed by atoms with E-state index >= 15 is 0 Å². The maximum Gasteiger partial charge on any atom is 0.184 e. The van der Waals surface area contributed by atoms with E-state index in [1.807, 2.05) is 25.1 Å². The molecule has 0 unspecified atom stereocenters. The molecule has 0 N–H and O–H groups in total. The number of rotatable bonds is 3. The molecule has 4 nitrogen and oxygen atoms in total. The highest BCUT2D eigenvalue weighted by Gasteiger charge is 2.15. The van der Waals surface area contributed by atoms with Gasteiger partial charge >= 0.3 is 0 Å². The molecule has 0 saturated heterocycles. The normalized spacial score (nSPS) is 10.5. The van der Waals surface area contributed by atoms with Crippen LogP contribution in [-0.2, 0) is 0 Å². The van der Waals surface area contributed by atoms with Crippen molar-refractivity contribution in [2.45, 2.75) is 26.7 Å². The zero-order valence-electron chi connectivity index (χ0n) is 11.5. The van der Waals surface area contributed by atoms with Gasteiger partial charge in [-0.05, 0) is 36.1 Å². The number of benzene rings is 1. The first-order valence-corrected chi connectivity index (χ1v) is 6.12. The fourth-order valence-corrected chi connectivity index (χ4v) is 2.05. The van der Waals surface area contributed by atoms with Gasteiger partial charge in [0.2, 0.25) is 0 Å². The van der Waals surface area contributed by atoms with Crippen LogP contribution in [0.2, 0.25) is 0 Å². The van der Waals surface area contributed by atoms with Crippen molar-refractivity contribution in [1.29, 1.82) is 5.26 Å². The van der Waals surface area contributed by atoms with Crippen LogP contribution in [0.3, 0.4) is 0 Å². The average molecular weight is 256 g/mol. The molecule has 98 valence electrons. The average Bonchev–Trinajstić information content (AvgIpc) is 2.86. The Kier molecular flexibility index (Phi) is 3.57. The summed E-state index contributed by atoms with van der Waals surface area (Å²) in [6, 6.07) is 7.65. The van der Waals surface area contributed by atoms with E-state index in [1.165, 1.54) is 0 Å². The summed E-state index contributed by atoms with van der Waals surface area (Å²) in [5, 5.41) is 12.5. The molecule has 0 aliphatic carbocycles. The number of aromatic nitrogens is 1. The molecule has 1 heterocycles. The minimum atomic E-state index is 0.288. The zero-order valence-corrected chi connectivity index (χ0v) is 11.5. The highest BCUT2D eigenvalue weighted by atomic mass is 16.5. The zero-order chi connectivity index (χ0) is 14.0. The Balaban J connectivity index is 2.58. The Labute approximate surface area is 112 Å². The van der Waals surface area contributed by atoms with Gasteiger partial charge in [0.15, 0.2) is 11.5 Å². The molecule has 19 heavy (non-hydrogen) atoms. The molecule has 2 aromatic rings. The number of hydrogen-bond acceptors (Lipinski definition) is 4. The molecule has 1 aromatic heterocycles. The largest absolute Gasteiger partial charge is 0.496 e. The van der Waals surface area contributed by atoms with E-state index in [0.29, 0.717) is 11.7 Å². The van der Waals surface area contributed by atoms with Gasteiger partial charge in [0, 0.05) is 11.6 Å². The van der Waals surface area contributed by atoms with E-state index in [-0.39, 0.29) is 5.69 Å².